The van der Waals surface area contributed by atoms with Gasteiger partial charge in [0.05, 0.1) is 12.2 Å². The summed E-state index contributed by atoms with van der Waals surface area (Å²) in [4.78, 5) is 9.71. The molecule has 0 radical (unpaired) electrons. The van der Waals surface area contributed by atoms with Crippen LogP contribution in [0, 0.1) is 5.92 Å². The van der Waals surface area contributed by atoms with Gasteiger partial charge in [-0.15, -0.1) is 11.3 Å². The van der Waals surface area contributed by atoms with Crippen LogP contribution in [0.1, 0.15) is 19.5 Å². The predicted octanol–water partition coefficient (Wildman–Crippen LogP) is 1.72. The smallest absolute Gasteiger partial charge is 0.193 e. The molecule has 0 atom stereocenters. The fourth-order valence-corrected chi connectivity index (χ4v) is 2.28. The zero-order chi connectivity index (χ0) is 13.0. The van der Waals surface area contributed by atoms with Crippen LogP contribution >= 0.6 is 11.3 Å². The third-order valence-corrected chi connectivity index (χ3v) is 3.25. The Balaban J connectivity index is 1.88. The van der Waals surface area contributed by atoms with Gasteiger partial charge in [0.15, 0.2) is 10.9 Å². The van der Waals surface area contributed by atoms with Crippen molar-refractivity contribution >= 4 is 22.3 Å². The van der Waals surface area contributed by atoms with Crippen LogP contribution in [0.5, 0.6) is 0 Å². The number of hydrogen-bond acceptors (Lipinski definition) is 3. The van der Waals surface area contributed by atoms with Crippen LogP contribution in [0.4, 0.5) is 0 Å². The molecule has 98 valence electrons. The number of guanidine groups is 1. The zero-order valence-electron chi connectivity index (χ0n) is 11.0. The summed E-state index contributed by atoms with van der Waals surface area (Å²) in [5, 5.41) is 8.56. The maximum absolute atomic E-state index is 4.51. The van der Waals surface area contributed by atoms with E-state index in [0.29, 0.717) is 12.5 Å². The van der Waals surface area contributed by atoms with Crippen molar-refractivity contribution in [3.8, 4) is 0 Å². The molecule has 0 aliphatic carbocycles. The second-order valence-corrected chi connectivity index (χ2v) is 5.40. The van der Waals surface area contributed by atoms with Gasteiger partial charge < -0.3 is 10.6 Å². The third-order valence-electron chi connectivity index (χ3n) is 2.48. The summed E-state index contributed by atoms with van der Waals surface area (Å²) in [6.45, 7) is 5.94. The first-order chi connectivity index (χ1) is 8.69. The summed E-state index contributed by atoms with van der Waals surface area (Å²) in [5.41, 5.74) is 1.02. The van der Waals surface area contributed by atoms with Crippen LogP contribution in [0.15, 0.2) is 22.8 Å². The van der Waals surface area contributed by atoms with E-state index in [1.165, 1.54) is 0 Å². The highest BCUT2D eigenvalue weighted by atomic mass is 32.1. The van der Waals surface area contributed by atoms with Crippen molar-refractivity contribution in [2.45, 2.75) is 20.4 Å². The summed E-state index contributed by atoms with van der Waals surface area (Å²) in [6, 6.07) is 0. The normalized spacial score (nSPS) is 12.3. The Morgan fingerprint density at radius 2 is 2.33 bits per heavy atom. The number of aromatic nitrogens is 2. The van der Waals surface area contributed by atoms with Crippen molar-refractivity contribution in [2.75, 3.05) is 13.6 Å². The van der Waals surface area contributed by atoms with Gasteiger partial charge in [-0.25, -0.2) is 4.98 Å². The average Bonchev–Trinajstić information content (AvgIpc) is 2.89. The van der Waals surface area contributed by atoms with Crippen molar-refractivity contribution in [2.24, 2.45) is 10.9 Å². The molecule has 2 aromatic rings. The van der Waals surface area contributed by atoms with Crippen molar-refractivity contribution in [3.63, 3.8) is 0 Å². The van der Waals surface area contributed by atoms with E-state index in [1.807, 2.05) is 22.2 Å². The fourth-order valence-electron chi connectivity index (χ4n) is 1.56. The van der Waals surface area contributed by atoms with Gasteiger partial charge in [-0.3, -0.25) is 9.39 Å². The molecule has 5 nitrogen and oxygen atoms in total. The van der Waals surface area contributed by atoms with Gasteiger partial charge in [-0.1, -0.05) is 13.8 Å². The lowest BCUT2D eigenvalue weighted by Crippen LogP contribution is -2.38. The largest absolute Gasteiger partial charge is 0.356 e. The minimum atomic E-state index is 0.599. The van der Waals surface area contributed by atoms with Crippen molar-refractivity contribution in [3.05, 3.63) is 23.5 Å². The monoisotopic (exact) mass is 265 g/mol. The Morgan fingerprint density at radius 3 is 3.00 bits per heavy atom. The first-order valence-electron chi connectivity index (χ1n) is 6.04. The summed E-state index contributed by atoms with van der Waals surface area (Å²) in [5.74, 6) is 1.42. The quantitative estimate of drug-likeness (QED) is 0.654. The molecule has 0 aromatic carbocycles. The minimum Gasteiger partial charge on any atom is -0.356 e. The number of rotatable bonds is 4. The predicted molar refractivity (Wildman–Crippen MR) is 76.1 cm³/mol. The molecule has 0 aliphatic rings. The molecule has 0 bridgehead atoms. The van der Waals surface area contributed by atoms with E-state index in [0.717, 1.165) is 23.2 Å². The van der Waals surface area contributed by atoms with Crippen LogP contribution in [0.25, 0.3) is 4.96 Å². The van der Waals surface area contributed by atoms with Gasteiger partial charge in [-0.05, 0) is 5.92 Å². The summed E-state index contributed by atoms with van der Waals surface area (Å²) >= 11 is 1.64. The average molecular weight is 265 g/mol. The Kier molecular flexibility index (Phi) is 4.19. The van der Waals surface area contributed by atoms with Crippen LogP contribution in [0.3, 0.4) is 0 Å². The Bertz CT molecular complexity index is 497. The van der Waals surface area contributed by atoms with Gasteiger partial charge in [0, 0.05) is 31.4 Å². The number of imidazole rings is 1. The van der Waals surface area contributed by atoms with Gasteiger partial charge in [0.2, 0.25) is 0 Å². The summed E-state index contributed by atoms with van der Waals surface area (Å²) < 4.78 is 2.03. The maximum atomic E-state index is 4.51. The highest BCUT2D eigenvalue weighted by Crippen LogP contribution is 2.10. The van der Waals surface area contributed by atoms with Crippen LogP contribution in [-0.2, 0) is 6.54 Å². The maximum Gasteiger partial charge on any atom is 0.193 e. The number of thiazole rings is 1. The van der Waals surface area contributed by atoms with E-state index >= 15 is 0 Å². The molecule has 0 aliphatic heterocycles. The lowest BCUT2D eigenvalue weighted by Gasteiger charge is -2.12. The van der Waals surface area contributed by atoms with Gasteiger partial charge in [0.25, 0.3) is 0 Å². The lowest BCUT2D eigenvalue weighted by molar-refractivity contribution is 0.614. The van der Waals surface area contributed by atoms with Crippen molar-refractivity contribution < 1.29 is 0 Å². The van der Waals surface area contributed by atoms with Gasteiger partial charge >= 0.3 is 0 Å². The molecule has 0 spiro atoms. The Morgan fingerprint density at radius 1 is 1.50 bits per heavy atom. The second-order valence-electron chi connectivity index (χ2n) is 4.53. The topological polar surface area (TPSA) is 53.7 Å². The molecule has 2 heterocycles. The molecule has 2 aromatic heterocycles. The van der Waals surface area contributed by atoms with Crippen LogP contribution < -0.4 is 10.6 Å². The lowest BCUT2D eigenvalue weighted by atomic mass is 10.2. The van der Waals surface area contributed by atoms with E-state index < -0.39 is 0 Å². The number of hydrogen-bond donors (Lipinski definition) is 2. The summed E-state index contributed by atoms with van der Waals surface area (Å²) in [7, 11) is 1.78. The Labute approximate surface area is 111 Å². The first kappa shape index (κ1) is 12.9. The molecule has 0 fully saturated rings. The van der Waals surface area contributed by atoms with E-state index in [-0.39, 0.29) is 0 Å². The van der Waals surface area contributed by atoms with Crippen LogP contribution in [0.2, 0.25) is 0 Å². The molecular weight excluding hydrogens is 246 g/mol. The highest BCUT2D eigenvalue weighted by molar-refractivity contribution is 7.15. The number of nitrogens with zero attached hydrogens (tertiary/aromatic N) is 3. The molecule has 18 heavy (non-hydrogen) atoms. The molecule has 2 N–H and O–H groups in total. The molecule has 0 saturated heterocycles. The minimum absolute atomic E-state index is 0.599. The van der Waals surface area contributed by atoms with Crippen molar-refractivity contribution in [1.82, 2.24) is 20.0 Å². The van der Waals surface area contributed by atoms with Crippen LogP contribution in [-0.4, -0.2) is 28.9 Å². The molecule has 6 heteroatoms. The highest BCUT2D eigenvalue weighted by Gasteiger charge is 2.04. The molecule has 0 unspecified atom stereocenters. The number of fused-ring (bicyclic) bond motifs is 1. The van der Waals surface area contributed by atoms with E-state index in [2.05, 4.69) is 34.5 Å². The number of nitrogens with one attached hydrogen (secondary N) is 2. The molecule has 2 rings (SSSR count). The van der Waals surface area contributed by atoms with E-state index in [1.54, 1.807) is 18.4 Å². The Hall–Kier alpha value is -1.56. The SMILES string of the molecule is CN=C(NCc1cn2ccsc2n1)NCC(C)C. The second kappa shape index (κ2) is 5.86. The molecular formula is C12H19N5S. The molecule has 0 amide bonds. The fraction of sp³-hybridized carbons (Fsp3) is 0.500. The van der Waals surface area contributed by atoms with Crippen molar-refractivity contribution in [1.29, 1.82) is 0 Å². The summed E-state index contributed by atoms with van der Waals surface area (Å²) in [6.07, 6.45) is 4.05. The van der Waals surface area contributed by atoms with E-state index in [4.69, 9.17) is 0 Å². The first-order valence-corrected chi connectivity index (χ1v) is 6.92. The number of aliphatic imine (C=N–C) groups is 1. The van der Waals surface area contributed by atoms with E-state index in [9.17, 15) is 0 Å². The third kappa shape index (κ3) is 3.22. The molecule has 0 saturated carbocycles. The zero-order valence-corrected chi connectivity index (χ0v) is 11.8. The van der Waals surface area contributed by atoms with Gasteiger partial charge in [-0.2, -0.15) is 0 Å². The van der Waals surface area contributed by atoms with Gasteiger partial charge in [0.1, 0.15) is 0 Å². The standard InChI is InChI=1S/C12H19N5S/c1-9(2)6-14-11(13-3)15-7-10-8-17-4-5-18-12(17)16-10/h4-5,8-9H,6-7H2,1-3H3,(H2,13,14,15).